The lowest BCUT2D eigenvalue weighted by Gasteiger charge is -2.26. The van der Waals surface area contributed by atoms with Gasteiger partial charge < -0.3 is 5.73 Å². The summed E-state index contributed by atoms with van der Waals surface area (Å²) in [5, 5.41) is 0. The fourth-order valence-corrected chi connectivity index (χ4v) is 1.93. The molecule has 1 aromatic rings. The molecule has 0 unspecified atom stereocenters. The van der Waals surface area contributed by atoms with Gasteiger partial charge >= 0.3 is 0 Å². The van der Waals surface area contributed by atoms with Crippen molar-refractivity contribution in [1.82, 2.24) is 4.90 Å². The van der Waals surface area contributed by atoms with Crippen molar-refractivity contribution in [3.05, 3.63) is 35.4 Å². The van der Waals surface area contributed by atoms with E-state index in [-0.39, 0.29) is 0 Å². The van der Waals surface area contributed by atoms with Gasteiger partial charge in [0.15, 0.2) is 0 Å². The SMILES string of the molecule is NCC#CCN1CCc2ccccc2C1. The number of nitrogens with zero attached hydrogens (tertiary/aromatic N) is 1. The predicted molar refractivity (Wildman–Crippen MR) is 62.3 cm³/mol. The molecule has 2 rings (SSSR count). The van der Waals surface area contributed by atoms with Crippen LogP contribution in [0, 0.1) is 11.8 Å². The van der Waals surface area contributed by atoms with Crippen LogP contribution in [0.25, 0.3) is 0 Å². The second-order valence-corrected chi connectivity index (χ2v) is 3.79. The summed E-state index contributed by atoms with van der Waals surface area (Å²) in [7, 11) is 0. The topological polar surface area (TPSA) is 29.3 Å². The summed E-state index contributed by atoms with van der Waals surface area (Å²) in [4.78, 5) is 2.37. The third kappa shape index (κ3) is 2.59. The van der Waals surface area contributed by atoms with Gasteiger partial charge in [-0.05, 0) is 17.5 Å². The molecular formula is C13H16N2. The van der Waals surface area contributed by atoms with Crippen LogP contribution in [0.15, 0.2) is 24.3 Å². The summed E-state index contributed by atoms with van der Waals surface area (Å²) in [5.41, 5.74) is 8.26. The molecule has 0 saturated heterocycles. The zero-order valence-electron chi connectivity index (χ0n) is 8.87. The molecule has 0 amide bonds. The smallest absolute Gasteiger partial charge is 0.0605 e. The lowest BCUT2D eigenvalue weighted by atomic mass is 10.0. The Morgan fingerprint density at radius 2 is 2.00 bits per heavy atom. The maximum Gasteiger partial charge on any atom is 0.0605 e. The molecule has 2 heteroatoms. The van der Waals surface area contributed by atoms with Crippen molar-refractivity contribution in [3.63, 3.8) is 0 Å². The summed E-state index contributed by atoms with van der Waals surface area (Å²) < 4.78 is 0. The van der Waals surface area contributed by atoms with E-state index in [4.69, 9.17) is 5.73 Å². The first-order valence-corrected chi connectivity index (χ1v) is 5.35. The van der Waals surface area contributed by atoms with Gasteiger partial charge in [0.2, 0.25) is 0 Å². The van der Waals surface area contributed by atoms with Crippen LogP contribution in [-0.4, -0.2) is 24.5 Å². The molecule has 0 bridgehead atoms. The lowest BCUT2D eigenvalue weighted by Crippen LogP contribution is -2.30. The Hall–Kier alpha value is -1.30. The van der Waals surface area contributed by atoms with Crippen LogP contribution < -0.4 is 5.73 Å². The molecule has 0 fully saturated rings. The maximum absolute atomic E-state index is 5.33. The minimum Gasteiger partial charge on any atom is -0.320 e. The first-order valence-electron chi connectivity index (χ1n) is 5.35. The largest absolute Gasteiger partial charge is 0.320 e. The average Bonchev–Trinajstić information content (AvgIpc) is 2.29. The Bertz CT molecular complexity index is 387. The monoisotopic (exact) mass is 200 g/mol. The summed E-state index contributed by atoms with van der Waals surface area (Å²) in [5.74, 6) is 5.99. The van der Waals surface area contributed by atoms with Gasteiger partial charge in [-0.3, -0.25) is 4.90 Å². The normalized spacial score (nSPS) is 15.3. The Kier molecular flexibility index (Phi) is 3.39. The number of hydrogen-bond acceptors (Lipinski definition) is 2. The van der Waals surface area contributed by atoms with E-state index in [1.54, 1.807) is 0 Å². The predicted octanol–water partition coefficient (Wildman–Crippen LogP) is 1.01. The molecule has 15 heavy (non-hydrogen) atoms. The van der Waals surface area contributed by atoms with Crippen LogP contribution in [0.4, 0.5) is 0 Å². The van der Waals surface area contributed by atoms with Gasteiger partial charge in [-0.1, -0.05) is 36.1 Å². The molecule has 2 N–H and O–H groups in total. The van der Waals surface area contributed by atoms with Gasteiger partial charge in [0, 0.05) is 13.1 Å². The van der Waals surface area contributed by atoms with Crippen LogP contribution in [-0.2, 0) is 13.0 Å². The summed E-state index contributed by atoms with van der Waals surface area (Å²) in [6, 6.07) is 8.65. The van der Waals surface area contributed by atoms with E-state index in [9.17, 15) is 0 Å². The third-order valence-corrected chi connectivity index (χ3v) is 2.74. The van der Waals surface area contributed by atoms with Crippen molar-refractivity contribution in [2.24, 2.45) is 5.73 Å². The van der Waals surface area contributed by atoms with E-state index in [1.165, 1.54) is 11.1 Å². The minimum atomic E-state index is 0.463. The summed E-state index contributed by atoms with van der Waals surface area (Å²) >= 11 is 0. The molecule has 1 aliphatic heterocycles. The van der Waals surface area contributed by atoms with Crippen molar-refractivity contribution >= 4 is 0 Å². The van der Waals surface area contributed by atoms with E-state index in [1.807, 2.05) is 0 Å². The van der Waals surface area contributed by atoms with E-state index in [0.717, 1.165) is 26.1 Å². The molecule has 0 atom stereocenters. The van der Waals surface area contributed by atoms with Crippen molar-refractivity contribution in [2.75, 3.05) is 19.6 Å². The van der Waals surface area contributed by atoms with Crippen LogP contribution in [0.2, 0.25) is 0 Å². The lowest BCUT2D eigenvalue weighted by molar-refractivity contribution is 0.286. The molecule has 0 aromatic heterocycles. The molecular weight excluding hydrogens is 184 g/mol. The molecule has 0 spiro atoms. The van der Waals surface area contributed by atoms with Gasteiger partial charge in [0.05, 0.1) is 13.1 Å². The second-order valence-electron chi connectivity index (χ2n) is 3.79. The van der Waals surface area contributed by atoms with Gasteiger partial charge in [0.1, 0.15) is 0 Å². The van der Waals surface area contributed by atoms with Crippen LogP contribution >= 0.6 is 0 Å². The zero-order valence-corrected chi connectivity index (χ0v) is 8.87. The van der Waals surface area contributed by atoms with Crippen molar-refractivity contribution in [3.8, 4) is 11.8 Å². The number of fused-ring (bicyclic) bond motifs is 1. The van der Waals surface area contributed by atoms with Gasteiger partial charge in [-0.25, -0.2) is 0 Å². The minimum absolute atomic E-state index is 0.463. The number of rotatable bonds is 1. The van der Waals surface area contributed by atoms with Gasteiger partial charge in [0.25, 0.3) is 0 Å². The molecule has 0 saturated carbocycles. The third-order valence-electron chi connectivity index (χ3n) is 2.74. The summed E-state index contributed by atoms with van der Waals surface area (Å²) in [6.45, 7) is 3.43. The molecule has 0 aliphatic carbocycles. The molecule has 2 nitrogen and oxygen atoms in total. The highest BCUT2D eigenvalue weighted by Crippen LogP contribution is 2.17. The second kappa shape index (κ2) is 4.97. The van der Waals surface area contributed by atoms with E-state index >= 15 is 0 Å². The highest BCUT2D eigenvalue weighted by atomic mass is 15.1. The maximum atomic E-state index is 5.33. The van der Waals surface area contributed by atoms with Crippen LogP contribution in [0.5, 0.6) is 0 Å². The summed E-state index contributed by atoms with van der Waals surface area (Å²) in [6.07, 6.45) is 1.14. The Morgan fingerprint density at radius 3 is 2.80 bits per heavy atom. The molecule has 0 radical (unpaired) electrons. The van der Waals surface area contributed by atoms with E-state index < -0.39 is 0 Å². The molecule has 1 aromatic carbocycles. The fourth-order valence-electron chi connectivity index (χ4n) is 1.93. The van der Waals surface area contributed by atoms with Gasteiger partial charge in [-0.15, -0.1) is 0 Å². The molecule has 78 valence electrons. The highest BCUT2D eigenvalue weighted by molar-refractivity contribution is 5.29. The van der Waals surface area contributed by atoms with E-state index in [0.29, 0.717) is 6.54 Å². The number of benzene rings is 1. The van der Waals surface area contributed by atoms with Crippen LogP contribution in [0.1, 0.15) is 11.1 Å². The quantitative estimate of drug-likeness (QED) is 0.685. The van der Waals surface area contributed by atoms with Crippen molar-refractivity contribution < 1.29 is 0 Å². The Labute approximate surface area is 91.1 Å². The number of hydrogen-bond donors (Lipinski definition) is 1. The van der Waals surface area contributed by atoms with E-state index in [2.05, 4.69) is 41.0 Å². The fraction of sp³-hybridized carbons (Fsp3) is 0.385. The standard InChI is InChI=1S/C13H16N2/c14-8-3-4-9-15-10-7-12-5-1-2-6-13(12)11-15/h1-2,5-6H,7-11,14H2. The molecule has 1 aliphatic rings. The Balaban J connectivity index is 1.99. The Morgan fingerprint density at radius 1 is 1.20 bits per heavy atom. The average molecular weight is 200 g/mol. The first-order chi connectivity index (χ1) is 7.40. The van der Waals surface area contributed by atoms with Crippen molar-refractivity contribution in [2.45, 2.75) is 13.0 Å². The zero-order chi connectivity index (χ0) is 10.5. The van der Waals surface area contributed by atoms with Crippen molar-refractivity contribution in [1.29, 1.82) is 0 Å². The number of nitrogens with two attached hydrogens (primary N) is 1. The van der Waals surface area contributed by atoms with Gasteiger partial charge in [-0.2, -0.15) is 0 Å². The van der Waals surface area contributed by atoms with Crippen LogP contribution in [0.3, 0.4) is 0 Å². The first kappa shape index (κ1) is 10.2. The highest BCUT2D eigenvalue weighted by Gasteiger charge is 2.13. The molecule has 1 heterocycles.